The highest BCUT2D eigenvalue weighted by atomic mass is 35.5. The molecule has 0 saturated carbocycles. The van der Waals surface area contributed by atoms with Crippen molar-refractivity contribution in [2.24, 2.45) is 0 Å². The first-order chi connectivity index (χ1) is 10.7. The fourth-order valence-corrected chi connectivity index (χ4v) is 2.12. The van der Waals surface area contributed by atoms with Crippen molar-refractivity contribution in [3.8, 4) is 17.1 Å². The molecule has 0 spiro atoms. The number of ether oxygens (including phenoxy) is 1. The zero-order valence-corrected chi connectivity index (χ0v) is 12.8. The number of aromatic amines is 1. The van der Waals surface area contributed by atoms with Gasteiger partial charge >= 0.3 is 0 Å². The maximum atomic E-state index is 5.88. The number of rotatable bonds is 5. The summed E-state index contributed by atoms with van der Waals surface area (Å²) in [6.07, 6.45) is 0. The number of aromatic nitrogens is 3. The molecule has 5 nitrogen and oxygen atoms in total. The Labute approximate surface area is 133 Å². The Morgan fingerprint density at radius 1 is 1.09 bits per heavy atom. The van der Waals surface area contributed by atoms with Crippen molar-refractivity contribution in [3.63, 3.8) is 0 Å². The van der Waals surface area contributed by atoms with Crippen molar-refractivity contribution in [1.29, 1.82) is 0 Å². The van der Waals surface area contributed by atoms with Crippen LogP contribution in [-0.2, 0) is 6.54 Å². The van der Waals surface area contributed by atoms with Crippen molar-refractivity contribution in [2.75, 3.05) is 12.4 Å². The lowest BCUT2D eigenvalue weighted by Crippen LogP contribution is -2.01. The van der Waals surface area contributed by atoms with Crippen LogP contribution in [0.3, 0.4) is 0 Å². The van der Waals surface area contributed by atoms with Crippen LogP contribution in [0.25, 0.3) is 11.4 Å². The molecule has 3 rings (SSSR count). The molecule has 2 N–H and O–H groups in total. The average molecular weight is 315 g/mol. The Morgan fingerprint density at radius 3 is 2.50 bits per heavy atom. The van der Waals surface area contributed by atoms with E-state index in [0.717, 1.165) is 22.8 Å². The highest BCUT2D eigenvalue weighted by molar-refractivity contribution is 6.30. The van der Waals surface area contributed by atoms with E-state index in [-0.39, 0.29) is 0 Å². The largest absolute Gasteiger partial charge is 0.497 e. The van der Waals surface area contributed by atoms with E-state index in [4.69, 9.17) is 16.3 Å². The van der Waals surface area contributed by atoms with Crippen molar-refractivity contribution in [3.05, 3.63) is 59.4 Å². The predicted octanol–water partition coefficient (Wildman–Crippen LogP) is 3.75. The van der Waals surface area contributed by atoms with Gasteiger partial charge in [0.25, 0.3) is 0 Å². The molecule has 6 heteroatoms. The lowest BCUT2D eigenvalue weighted by atomic mass is 10.2. The number of anilines is 1. The molecule has 0 radical (unpaired) electrons. The van der Waals surface area contributed by atoms with Crippen LogP contribution in [0.2, 0.25) is 5.02 Å². The van der Waals surface area contributed by atoms with Gasteiger partial charge in [-0.15, -0.1) is 0 Å². The number of benzene rings is 2. The molecule has 3 aromatic rings. The first kappa shape index (κ1) is 14.4. The van der Waals surface area contributed by atoms with Crippen LogP contribution in [0.15, 0.2) is 48.5 Å². The topological polar surface area (TPSA) is 62.8 Å². The summed E-state index contributed by atoms with van der Waals surface area (Å²) in [7, 11) is 1.65. The SMILES string of the molecule is COc1ccc(NCc2nc(-c3ccc(Cl)cc3)n[nH]2)cc1. The van der Waals surface area contributed by atoms with Gasteiger partial charge in [0.2, 0.25) is 0 Å². The lowest BCUT2D eigenvalue weighted by Gasteiger charge is -2.05. The van der Waals surface area contributed by atoms with Crippen molar-refractivity contribution in [1.82, 2.24) is 15.2 Å². The number of nitrogens with zero attached hydrogens (tertiary/aromatic N) is 2. The molecule has 0 amide bonds. The number of halogens is 1. The summed E-state index contributed by atoms with van der Waals surface area (Å²) in [5.74, 6) is 2.25. The second kappa shape index (κ2) is 6.49. The van der Waals surface area contributed by atoms with Gasteiger partial charge in [-0.1, -0.05) is 11.6 Å². The average Bonchev–Trinajstić information content (AvgIpc) is 3.03. The Bertz CT molecular complexity index is 738. The van der Waals surface area contributed by atoms with Gasteiger partial charge in [0.05, 0.1) is 13.7 Å². The summed E-state index contributed by atoms with van der Waals surface area (Å²) in [6, 6.07) is 15.2. The number of methoxy groups -OCH3 is 1. The van der Waals surface area contributed by atoms with Gasteiger partial charge in [-0.2, -0.15) is 5.10 Å². The second-order valence-corrected chi connectivity index (χ2v) is 5.13. The van der Waals surface area contributed by atoms with Gasteiger partial charge in [0.15, 0.2) is 5.82 Å². The minimum Gasteiger partial charge on any atom is -0.497 e. The first-order valence-corrected chi connectivity index (χ1v) is 7.17. The van der Waals surface area contributed by atoms with E-state index in [1.165, 1.54) is 0 Å². The molecule has 0 unspecified atom stereocenters. The normalized spacial score (nSPS) is 10.5. The van der Waals surface area contributed by atoms with Crippen LogP contribution in [0.4, 0.5) is 5.69 Å². The fourth-order valence-electron chi connectivity index (χ4n) is 2.00. The zero-order valence-electron chi connectivity index (χ0n) is 12.0. The van der Waals surface area contributed by atoms with E-state index < -0.39 is 0 Å². The molecular formula is C16H15ClN4O. The third kappa shape index (κ3) is 3.38. The monoisotopic (exact) mass is 314 g/mol. The number of H-pyrrole nitrogens is 1. The van der Waals surface area contributed by atoms with Gasteiger partial charge in [0, 0.05) is 16.3 Å². The van der Waals surface area contributed by atoms with E-state index in [0.29, 0.717) is 17.4 Å². The maximum absolute atomic E-state index is 5.88. The molecule has 0 fully saturated rings. The highest BCUT2D eigenvalue weighted by Crippen LogP contribution is 2.18. The Balaban J connectivity index is 1.65. The molecule has 2 aromatic carbocycles. The molecular weight excluding hydrogens is 300 g/mol. The lowest BCUT2D eigenvalue weighted by molar-refractivity contribution is 0.415. The summed E-state index contributed by atoms with van der Waals surface area (Å²) in [6.45, 7) is 0.562. The van der Waals surface area contributed by atoms with Crippen LogP contribution in [0.1, 0.15) is 5.82 Å². The Morgan fingerprint density at radius 2 is 1.82 bits per heavy atom. The highest BCUT2D eigenvalue weighted by Gasteiger charge is 2.05. The molecule has 112 valence electrons. The molecule has 0 aliphatic heterocycles. The summed E-state index contributed by atoms with van der Waals surface area (Å²) in [5.41, 5.74) is 1.92. The number of hydrogen-bond acceptors (Lipinski definition) is 4. The first-order valence-electron chi connectivity index (χ1n) is 6.80. The van der Waals surface area contributed by atoms with E-state index in [1.54, 1.807) is 7.11 Å². The third-order valence-electron chi connectivity index (χ3n) is 3.18. The minimum atomic E-state index is 0.562. The van der Waals surface area contributed by atoms with E-state index in [2.05, 4.69) is 20.5 Å². The van der Waals surface area contributed by atoms with Crippen LogP contribution >= 0.6 is 11.6 Å². The minimum absolute atomic E-state index is 0.562. The van der Waals surface area contributed by atoms with E-state index >= 15 is 0 Å². The standard InChI is InChI=1S/C16H15ClN4O/c1-22-14-8-6-13(7-9-14)18-10-15-19-16(21-20-15)11-2-4-12(17)5-3-11/h2-9,18H,10H2,1H3,(H,19,20,21). The Kier molecular flexibility index (Phi) is 4.25. The van der Waals surface area contributed by atoms with Crippen LogP contribution < -0.4 is 10.1 Å². The molecule has 0 aliphatic rings. The molecule has 0 saturated heterocycles. The van der Waals surface area contributed by atoms with E-state index in [1.807, 2.05) is 48.5 Å². The molecule has 0 bridgehead atoms. The van der Waals surface area contributed by atoms with Crippen molar-refractivity contribution < 1.29 is 4.74 Å². The molecule has 1 aromatic heterocycles. The quantitative estimate of drug-likeness (QED) is 0.753. The summed E-state index contributed by atoms with van der Waals surface area (Å²) >= 11 is 5.88. The summed E-state index contributed by atoms with van der Waals surface area (Å²) in [5, 5.41) is 11.1. The van der Waals surface area contributed by atoms with Crippen molar-refractivity contribution in [2.45, 2.75) is 6.54 Å². The van der Waals surface area contributed by atoms with Gasteiger partial charge in [-0.05, 0) is 48.5 Å². The zero-order chi connectivity index (χ0) is 15.4. The number of hydrogen-bond donors (Lipinski definition) is 2. The van der Waals surface area contributed by atoms with Gasteiger partial charge < -0.3 is 10.1 Å². The maximum Gasteiger partial charge on any atom is 0.181 e. The van der Waals surface area contributed by atoms with E-state index in [9.17, 15) is 0 Å². The van der Waals surface area contributed by atoms with Crippen LogP contribution in [0.5, 0.6) is 5.75 Å². The summed E-state index contributed by atoms with van der Waals surface area (Å²) in [4.78, 5) is 4.46. The third-order valence-corrected chi connectivity index (χ3v) is 3.44. The summed E-state index contributed by atoms with van der Waals surface area (Å²) < 4.78 is 5.13. The molecule has 0 aliphatic carbocycles. The van der Waals surface area contributed by atoms with Crippen molar-refractivity contribution >= 4 is 17.3 Å². The van der Waals surface area contributed by atoms with Crippen LogP contribution in [0, 0.1) is 0 Å². The molecule has 0 atom stereocenters. The fraction of sp³-hybridized carbons (Fsp3) is 0.125. The predicted molar refractivity (Wildman–Crippen MR) is 87.1 cm³/mol. The van der Waals surface area contributed by atoms with Gasteiger partial charge in [0.1, 0.15) is 11.6 Å². The number of nitrogens with one attached hydrogen (secondary N) is 2. The van der Waals surface area contributed by atoms with Crippen LogP contribution in [-0.4, -0.2) is 22.3 Å². The second-order valence-electron chi connectivity index (χ2n) is 4.69. The smallest absolute Gasteiger partial charge is 0.181 e. The van der Waals surface area contributed by atoms with Gasteiger partial charge in [-0.25, -0.2) is 4.98 Å². The molecule has 1 heterocycles. The van der Waals surface area contributed by atoms with Gasteiger partial charge in [-0.3, -0.25) is 5.10 Å². The molecule has 22 heavy (non-hydrogen) atoms. The Hall–Kier alpha value is -2.53.